The maximum Gasteiger partial charge on any atom is 0.137 e. The first kappa shape index (κ1) is 12.0. The summed E-state index contributed by atoms with van der Waals surface area (Å²) in [4.78, 5) is 4.31. The van der Waals surface area contributed by atoms with E-state index in [1.807, 2.05) is 22.6 Å². The minimum atomic E-state index is 0.192. The van der Waals surface area contributed by atoms with Gasteiger partial charge in [-0.2, -0.15) is 0 Å². The monoisotopic (exact) mass is 318 g/mol. The van der Waals surface area contributed by atoms with E-state index in [1.165, 1.54) is 0 Å². The van der Waals surface area contributed by atoms with Crippen molar-refractivity contribution in [2.45, 2.75) is 6.61 Å². The Labute approximate surface area is 118 Å². The SMILES string of the molecule is Oc1cccc(OCc2cnc3cccc(Br)n23)c1. The fourth-order valence-electron chi connectivity index (χ4n) is 1.89. The molecule has 0 aliphatic carbocycles. The summed E-state index contributed by atoms with van der Waals surface area (Å²) in [7, 11) is 0. The average Bonchev–Trinajstić information content (AvgIpc) is 2.81. The number of rotatable bonds is 3. The Morgan fingerprint density at radius 2 is 2.05 bits per heavy atom. The van der Waals surface area contributed by atoms with E-state index in [0.29, 0.717) is 12.4 Å². The number of halogens is 1. The summed E-state index contributed by atoms with van der Waals surface area (Å²) >= 11 is 3.49. The van der Waals surface area contributed by atoms with Crippen LogP contribution in [0.5, 0.6) is 11.5 Å². The lowest BCUT2D eigenvalue weighted by Crippen LogP contribution is -2.00. The molecular formula is C14H11BrN2O2. The van der Waals surface area contributed by atoms with E-state index < -0.39 is 0 Å². The van der Waals surface area contributed by atoms with E-state index in [2.05, 4.69) is 20.9 Å². The van der Waals surface area contributed by atoms with Gasteiger partial charge in [-0.1, -0.05) is 12.1 Å². The van der Waals surface area contributed by atoms with E-state index in [1.54, 1.807) is 30.5 Å². The number of hydrogen-bond donors (Lipinski definition) is 1. The predicted molar refractivity (Wildman–Crippen MR) is 75.3 cm³/mol. The van der Waals surface area contributed by atoms with E-state index >= 15 is 0 Å². The van der Waals surface area contributed by atoms with Crippen molar-refractivity contribution in [3.63, 3.8) is 0 Å². The molecule has 0 bridgehead atoms. The first-order chi connectivity index (χ1) is 9.24. The molecule has 0 fully saturated rings. The quantitative estimate of drug-likeness (QED) is 0.753. The van der Waals surface area contributed by atoms with Crippen molar-refractivity contribution in [3.8, 4) is 11.5 Å². The Hall–Kier alpha value is -2.01. The van der Waals surface area contributed by atoms with Crippen LogP contribution >= 0.6 is 15.9 Å². The summed E-state index contributed by atoms with van der Waals surface area (Å²) in [6.45, 7) is 0.382. The molecule has 1 aromatic carbocycles. The molecule has 2 aromatic heterocycles. The van der Waals surface area contributed by atoms with Crippen LogP contribution in [0.4, 0.5) is 0 Å². The minimum Gasteiger partial charge on any atom is -0.508 e. The molecule has 0 amide bonds. The van der Waals surface area contributed by atoms with Crippen LogP contribution in [0.15, 0.2) is 53.3 Å². The number of phenolic OH excluding ortho intramolecular Hbond substituents is 1. The normalized spacial score (nSPS) is 10.8. The highest BCUT2D eigenvalue weighted by Crippen LogP contribution is 2.20. The molecule has 0 spiro atoms. The number of phenols is 1. The fourth-order valence-corrected chi connectivity index (χ4v) is 2.45. The molecule has 2 heterocycles. The molecule has 1 N–H and O–H groups in total. The van der Waals surface area contributed by atoms with Crippen LogP contribution < -0.4 is 4.74 Å². The highest BCUT2D eigenvalue weighted by atomic mass is 79.9. The number of aromatic hydroxyl groups is 1. The maximum atomic E-state index is 9.38. The number of benzene rings is 1. The van der Waals surface area contributed by atoms with Crippen LogP contribution in [0.1, 0.15) is 5.69 Å². The predicted octanol–water partition coefficient (Wildman–Crippen LogP) is 3.38. The lowest BCUT2D eigenvalue weighted by atomic mass is 10.3. The lowest BCUT2D eigenvalue weighted by Gasteiger charge is -2.07. The van der Waals surface area contributed by atoms with Gasteiger partial charge >= 0.3 is 0 Å². The largest absolute Gasteiger partial charge is 0.508 e. The van der Waals surface area contributed by atoms with Crippen LogP contribution in [-0.2, 0) is 6.61 Å². The molecule has 3 rings (SSSR count). The van der Waals surface area contributed by atoms with E-state index in [0.717, 1.165) is 15.9 Å². The van der Waals surface area contributed by atoms with Gasteiger partial charge in [0.05, 0.1) is 16.5 Å². The molecule has 19 heavy (non-hydrogen) atoms. The van der Waals surface area contributed by atoms with Crippen molar-refractivity contribution < 1.29 is 9.84 Å². The van der Waals surface area contributed by atoms with Gasteiger partial charge in [-0.15, -0.1) is 0 Å². The van der Waals surface area contributed by atoms with Crippen LogP contribution in [-0.4, -0.2) is 14.5 Å². The standard InChI is InChI=1S/C14H11BrN2O2/c15-13-5-2-6-14-16-8-10(17(13)14)9-19-12-4-1-3-11(18)7-12/h1-8,18H,9H2. The Morgan fingerprint density at radius 3 is 2.89 bits per heavy atom. The molecule has 4 nitrogen and oxygen atoms in total. The summed E-state index contributed by atoms with van der Waals surface area (Å²) in [6, 6.07) is 12.6. The Morgan fingerprint density at radius 1 is 1.21 bits per heavy atom. The highest BCUT2D eigenvalue weighted by Gasteiger charge is 2.06. The maximum absolute atomic E-state index is 9.38. The number of aromatic nitrogens is 2. The van der Waals surface area contributed by atoms with Gasteiger partial charge in [0.15, 0.2) is 0 Å². The lowest BCUT2D eigenvalue weighted by molar-refractivity contribution is 0.298. The molecule has 5 heteroatoms. The molecule has 0 saturated heterocycles. The zero-order valence-corrected chi connectivity index (χ0v) is 11.5. The van der Waals surface area contributed by atoms with E-state index in [4.69, 9.17) is 4.74 Å². The van der Waals surface area contributed by atoms with Gasteiger partial charge in [-0.3, -0.25) is 4.40 Å². The molecule has 96 valence electrons. The molecular weight excluding hydrogens is 308 g/mol. The number of ether oxygens (including phenoxy) is 1. The molecule has 0 aliphatic heterocycles. The smallest absolute Gasteiger partial charge is 0.137 e. The van der Waals surface area contributed by atoms with Crippen molar-refractivity contribution in [2.24, 2.45) is 0 Å². The van der Waals surface area contributed by atoms with Crippen LogP contribution in [0.2, 0.25) is 0 Å². The Kier molecular flexibility index (Phi) is 3.13. The van der Waals surface area contributed by atoms with Gasteiger partial charge in [0.25, 0.3) is 0 Å². The van der Waals surface area contributed by atoms with Crippen LogP contribution in [0.3, 0.4) is 0 Å². The van der Waals surface area contributed by atoms with E-state index in [9.17, 15) is 5.11 Å². The van der Waals surface area contributed by atoms with Crippen molar-refractivity contribution >= 4 is 21.6 Å². The van der Waals surface area contributed by atoms with Gasteiger partial charge in [0.1, 0.15) is 23.8 Å². The number of imidazole rings is 1. The summed E-state index contributed by atoms with van der Waals surface area (Å²) in [6.07, 6.45) is 1.78. The van der Waals surface area contributed by atoms with Crippen molar-refractivity contribution in [1.82, 2.24) is 9.38 Å². The molecule has 0 saturated carbocycles. The third-order valence-corrected chi connectivity index (χ3v) is 3.38. The molecule has 3 aromatic rings. The Balaban J connectivity index is 1.86. The van der Waals surface area contributed by atoms with Gasteiger partial charge in [-0.25, -0.2) is 4.98 Å². The third kappa shape index (κ3) is 2.42. The first-order valence-corrected chi connectivity index (χ1v) is 6.56. The second-order valence-electron chi connectivity index (χ2n) is 4.08. The fraction of sp³-hybridized carbons (Fsp3) is 0.0714. The molecule has 0 aliphatic rings. The summed E-state index contributed by atoms with van der Waals surface area (Å²) in [5.74, 6) is 0.818. The second kappa shape index (κ2) is 4.93. The zero-order chi connectivity index (χ0) is 13.2. The summed E-state index contributed by atoms with van der Waals surface area (Å²) < 4.78 is 8.56. The highest BCUT2D eigenvalue weighted by molar-refractivity contribution is 9.10. The molecule has 0 atom stereocenters. The van der Waals surface area contributed by atoms with Crippen molar-refractivity contribution in [3.05, 3.63) is 59.0 Å². The van der Waals surface area contributed by atoms with Gasteiger partial charge in [0.2, 0.25) is 0 Å². The van der Waals surface area contributed by atoms with Crippen LogP contribution in [0.25, 0.3) is 5.65 Å². The average molecular weight is 319 g/mol. The van der Waals surface area contributed by atoms with E-state index in [-0.39, 0.29) is 5.75 Å². The first-order valence-electron chi connectivity index (χ1n) is 5.77. The number of hydrogen-bond acceptors (Lipinski definition) is 3. The Bertz CT molecular complexity index is 724. The van der Waals surface area contributed by atoms with Crippen LogP contribution in [0, 0.1) is 0 Å². The van der Waals surface area contributed by atoms with Crippen molar-refractivity contribution in [2.75, 3.05) is 0 Å². The van der Waals surface area contributed by atoms with Crippen molar-refractivity contribution in [1.29, 1.82) is 0 Å². The van der Waals surface area contributed by atoms with Gasteiger partial charge in [0, 0.05) is 6.07 Å². The summed E-state index contributed by atoms with van der Waals surface area (Å²) in [5, 5.41) is 9.38. The number of pyridine rings is 1. The van der Waals surface area contributed by atoms with Gasteiger partial charge < -0.3 is 9.84 Å². The number of nitrogens with zero attached hydrogens (tertiary/aromatic N) is 2. The molecule has 0 radical (unpaired) electrons. The summed E-state index contributed by atoms with van der Waals surface area (Å²) in [5.41, 5.74) is 1.80. The topological polar surface area (TPSA) is 46.8 Å². The second-order valence-corrected chi connectivity index (χ2v) is 4.89. The van der Waals surface area contributed by atoms with Gasteiger partial charge in [-0.05, 0) is 40.2 Å². The molecule has 0 unspecified atom stereocenters. The minimum absolute atomic E-state index is 0.192. The number of fused-ring (bicyclic) bond motifs is 1. The third-order valence-electron chi connectivity index (χ3n) is 2.76. The zero-order valence-electron chi connectivity index (χ0n) is 9.95.